The summed E-state index contributed by atoms with van der Waals surface area (Å²) in [6.45, 7) is 0. The largest absolute Gasteiger partial charge is 0.477 e. The molecule has 0 bridgehead atoms. The first-order chi connectivity index (χ1) is 8.56. The van der Waals surface area contributed by atoms with Crippen molar-refractivity contribution in [3.8, 4) is 0 Å². The van der Waals surface area contributed by atoms with E-state index in [1.807, 2.05) is 18.2 Å². The van der Waals surface area contributed by atoms with Gasteiger partial charge in [0.2, 0.25) is 0 Å². The number of halogens is 1. The van der Waals surface area contributed by atoms with E-state index in [2.05, 4.69) is 0 Å². The Morgan fingerprint density at radius 1 is 1.39 bits per heavy atom. The van der Waals surface area contributed by atoms with Gasteiger partial charge in [0.1, 0.15) is 4.88 Å². The number of thioether (sulfide) groups is 1. The number of thiophene rings is 1. The number of carboxylic acid groups (broad SMARTS) is 1. The molecule has 0 aliphatic carbocycles. The van der Waals surface area contributed by atoms with Gasteiger partial charge in [-0.3, -0.25) is 0 Å². The Bertz CT molecular complexity index is 583. The molecule has 94 valence electrons. The molecule has 0 saturated carbocycles. The summed E-state index contributed by atoms with van der Waals surface area (Å²) in [7, 11) is 0. The zero-order valence-electron chi connectivity index (χ0n) is 9.22. The van der Waals surface area contributed by atoms with Crippen LogP contribution in [-0.4, -0.2) is 11.1 Å². The van der Waals surface area contributed by atoms with E-state index < -0.39 is 5.97 Å². The maximum absolute atomic E-state index is 10.7. The van der Waals surface area contributed by atoms with Crippen LogP contribution in [0, 0.1) is 0 Å². The first-order valence-electron chi connectivity index (χ1n) is 5.06. The summed E-state index contributed by atoms with van der Waals surface area (Å²) in [5, 5.41) is 9.36. The number of carboxylic acids is 1. The Morgan fingerprint density at radius 3 is 2.78 bits per heavy atom. The molecule has 0 atom stereocenters. The number of carbonyl (C=O) groups is 1. The smallest absolute Gasteiger partial charge is 0.345 e. The summed E-state index contributed by atoms with van der Waals surface area (Å²) < 4.78 is 0. The molecular formula is C12H10ClNO2S2. The number of anilines is 1. The van der Waals surface area contributed by atoms with Crippen LogP contribution < -0.4 is 5.73 Å². The third-order valence-corrected chi connectivity index (χ3v) is 4.85. The molecule has 0 fully saturated rings. The minimum absolute atomic E-state index is 0.362. The van der Waals surface area contributed by atoms with Crippen LogP contribution in [0.1, 0.15) is 14.5 Å². The molecule has 0 spiro atoms. The third-order valence-electron chi connectivity index (χ3n) is 2.23. The molecule has 0 amide bonds. The van der Waals surface area contributed by atoms with Crippen LogP contribution in [0.2, 0.25) is 5.02 Å². The van der Waals surface area contributed by atoms with Crippen LogP contribution in [-0.2, 0) is 5.75 Å². The Balaban J connectivity index is 2.02. The van der Waals surface area contributed by atoms with Gasteiger partial charge in [-0.15, -0.1) is 23.1 Å². The van der Waals surface area contributed by atoms with Crippen molar-refractivity contribution >= 4 is 46.4 Å². The second-order valence-electron chi connectivity index (χ2n) is 3.54. The van der Waals surface area contributed by atoms with Gasteiger partial charge in [-0.25, -0.2) is 4.79 Å². The Labute approximate surface area is 118 Å². The maximum atomic E-state index is 10.7. The minimum Gasteiger partial charge on any atom is -0.477 e. The number of nitrogens with two attached hydrogens (primary N) is 1. The van der Waals surface area contributed by atoms with Crippen LogP contribution in [0.4, 0.5) is 5.69 Å². The molecule has 1 heterocycles. The fourth-order valence-electron chi connectivity index (χ4n) is 1.32. The van der Waals surface area contributed by atoms with Crippen molar-refractivity contribution in [1.82, 2.24) is 0 Å². The Kier molecular flexibility index (Phi) is 4.16. The van der Waals surface area contributed by atoms with Crippen molar-refractivity contribution in [2.45, 2.75) is 10.6 Å². The van der Waals surface area contributed by atoms with Crippen LogP contribution in [0.25, 0.3) is 0 Å². The lowest BCUT2D eigenvalue weighted by Crippen LogP contribution is -1.89. The number of hydrogen-bond acceptors (Lipinski definition) is 4. The highest BCUT2D eigenvalue weighted by molar-refractivity contribution is 7.98. The van der Waals surface area contributed by atoms with E-state index >= 15 is 0 Å². The average Bonchev–Trinajstić information content (AvgIpc) is 2.79. The maximum Gasteiger partial charge on any atom is 0.345 e. The van der Waals surface area contributed by atoms with Gasteiger partial charge < -0.3 is 10.8 Å². The van der Waals surface area contributed by atoms with E-state index in [1.165, 1.54) is 11.3 Å². The van der Waals surface area contributed by atoms with Crippen LogP contribution in [0.3, 0.4) is 0 Å². The van der Waals surface area contributed by atoms with E-state index in [4.69, 9.17) is 22.4 Å². The van der Waals surface area contributed by atoms with E-state index in [-0.39, 0.29) is 0 Å². The fraction of sp³-hybridized carbons (Fsp3) is 0.0833. The molecular weight excluding hydrogens is 290 g/mol. The highest BCUT2D eigenvalue weighted by atomic mass is 35.5. The monoisotopic (exact) mass is 299 g/mol. The average molecular weight is 300 g/mol. The molecule has 1 aromatic carbocycles. The number of hydrogen-bond donors (Lipinski definition) is 2. The lowest BCUT2D eigenvalue weighted by molar-refractivity contribution is 0.0702. The Morgan fingerprint density at radius 2 is 2.17 bits per heavy atom. The lowest BCUT2D eigenvalue weighted by atomic mass is 10.3. The van der Waals surface area contributed by atoms with E-state index in [0.29, 0.717) is 15.6 Å². The highest BCUT2D eigenvalue weighted by Crippen LogP contribution is 2.30. The minimum atomic E-state index is -0.883. The summed E-state index contributed by atoms with van der Waals surface area (Å²) in [5.74, 6) is -0.162. The van der Waals surface area contributed by atoms with Crippen LogP contribution >= 0.6 is 34.7 Å². The standard InChI is InChI=1S/C12H10ClNO2S2/c13-9-5-7(1-3-10(9)14)17-6-8-2-4-11(18-8)12(15)16/h1-5H,6,14H2,(H,15,16). The topological polar surface area (TPSA) is 63.3 Å². The van der Waals surface area contributed by atoms with Crippen molar-refractivity contribution in [1.29, 1.82) is 0 Å². The molecule has 0 aliphatic rings. The zero-order valence-corrected chi connectivity index (χ0v) is 11.6. The first kappa shape index (κ1) is 13.3. The second-order valence-corrected chi connectivity index (χ2v) is 6.17. The van der Waals surface area contributed by atoms with Gasteiger partial charge in [-0.05, 0) is 30.3 Å². The van der Waals surface area contributed by atoms with Crippen molar-refractivity contribution in [3.05, 3.63) is 45.1 Å². The van der Waals surface area contributed by atoms with Gasteiger partial charge in [-0.2, -0.15) is 0 Å². The van der Waals surface area contributed by atoms with E-state index in [9.17, 15) is 4.79 Å². The molecule has 1 aromatic heterocycles. The van der Waals surface area contributed by atoms with E-state index in [1.54, 1.807) is 23.9 Å². The number of rotatable bonds is 4. The van der Waals surface area contributed by atoms with Crippen molar-refractivity contribution < 1.29 is 9.90 Å². The van der Waals surface area contributed by atoms with Gasteiger partial charge >= 0.3 is 5.97 Å². The molecule has 0 radical (unpaired) electrons. The van der Waals surface area contributed by atoms with Crippen LogP contribution in [0.15, 0.2) is 35.2 Å². The number of benzene rings is 1. The molecule has 6 heteroatoms. The van der Waals surface area contributed by atoms with Gasteiger partial charge in [0, 0.05) is 15.5 Å². The SMILES string of the molecule is Nc1ccc(SCc2ccc(C(=O)O)s2)cc1Cl. The van der Waals surface area contributed by atoms with Gasteiger partial charge in [0.15, 0.2) is 0 Å². The summed E-state index contributed by atoms with van der Waals surface area (Å²) in [6.07, 6.45) is 0. The van der Waals surface area contributed by atoms with Crippen LogP contribution in [0.5, 0.6) is 0 Å². The second kappa shape index (κ2) is 5.65. The lowest BCUT2D eigenvalue weighted by Gasteiger charge is -2.02. The summed E-state index contributed by atoms with van der Waals surface area (Å²) in [4.78, 5) is 13.1. The molecule has 2 rings (SSSR count). The molecule has 2 aromatic rings. The molecule has 18 heavy (non-hydrogen) atoms. The predicted molar refractivity (Wildman–Crippen MR) is 76.7 cm³/mol. The molecule has 0 aliphatic heterocycles. The quantitative estimate of drug-likeness (QED) is 0.662. The van der Waals surface area contributed by atoms with E-state index in [0.717, 1.165) is 15.5 Å². The normalized spacial score (nSPS) is 10.5. The van der Waals surface area contributed by atoms with Gasteiger partial charge in [0.25, 0.3) is 0 Å². The number of nitrogen functional groups attached to an aromatic ring is 1. The van der Waals surface area contributed by atoms with Gasteiger partial charge in [0.05, 0.1) is 10.7 Å². The third kappa shape index (κ3) is 3.19. The molecule has 0 unspecified atom stereocenters. The predicted octanol–water partition coefficient (Wildman–Crippen LogP) is 3.97. The number of aromatic carboxylic acids is 1. The zero-order chi connectivity index (χ0) is 13.1. The van der Waals surface area contributed by atoms with Crippen molar-refractivity contribution in [2.75, 3.05) is 5.73 Å². The summed E-state index contributed by atoms with van der Waals surface area (Å²) in [5.41, 5.74) is 6.19. The molecule has 0 saturated heterocycles. The summed E-state index contributed by atoms with van der Waals surface area (Å²) in [6, 6.07) is 8.94. The van der Waals surface area contributed by atoms with Gasteiger partial charge in [-0.1, -0.05) is 11.6 Å². The summed E-state index contributed by atoms with van der Waals surface area (Å²) >= 11 is 8.82. The van der Waals surface area contributed by atoms with Crippen molar-refractivity contribution in [3.63, 3.8) is 0 Å². The molecule has 3 nitrogen and oxygen atoms in total. The Hall–Kier alpha value is -1.17. The first-order valence-corrected chi connectivity index (χ1v) is 7.24. The fourth-order valence-corrected chi connectivity index (χ4v) is 3.39. The highest BCUT2D eigenvalue weighted by Gasteiger charge is 2.07. The molecule has 3 N–H and O–H groups in total. The van der Waals surface area contributed by atoms with Crippen molar-refractivity contribution in [2.24, 2.45) is 0 Å².